The second kappa shape index (κ2) is 7.79. The lowest BCUT2D eigenvalue weighted by molar-refractivity contribution is -0.130. The molecule has 0 saturated carbocycles. The number of carbonyl (C=O) groups excluding carboxylic acids is 3. The van der Waals surface area contributed by atoms with Gasteiger partial charge in [0, 0.05) is 13.1 Å². The topological polar surface area (TPSA) is 57.7 Å². The van der Waals surface area contributed by atoms with Crippen LogP contribution in [0.25, 0.3) is 0 Å². The number of rotatable bonds is 6. The van der Waals surface area contributed by atoms with Crippen molar-refractivity contribution >= 4 is 64.1 Å². The number of benzene rings is 1. The zero-order chi connectivity index (χ0) is 18.9. The quantitative estimate of drug-likeness (QED) is 0.300. The second-order valence-corrected chi connectivity index (χ2v) is 6.59. The Morgan fingerprint density at radius 3 is 1.64 bits per heavy atom. The fourth-order valence-electron chi connectivity index (χ4n) is 2.36. The zero-order valence-electron chi connectivity index (χ0n) is 12.8. The molecule has 0 radical (unpaired) electrons. The van der Waals surface area contributed by atoms with Crippen molar-refractivity contribution < 1.29 is 14.4 Å². The highest BCUT2D eigenvalue weighted by Crippen LogP contribution is 2.44. The summed E-state index contributed by atoms with van der Waals surface area (Å²) in [6, 6.07) is 0. The van der Waals surface area contributed by atoms with Crippen LogP contribution in [-0.2, 0) is 4.79 Å². The van der Waals surface area contributed by atoms with Gasteiger partial charge in [-0.3, -0.25) is 19.3 Å². The van der Waals surface area contributed by atoms with Crippen molar-refractivity contribution in [3.63, 3.8) is 0 Å². The van der Waals surface area contributed by atoms with Crippen molar-refractivity contribution in [2.24, 2.45) is 0 Å². The Morgan fingerprint density at radius 2 is 1.28 bits per heavy atom. The van der Waals surface area contributed by atoms with E-state index in [-0.39, 0.29) is 44.3 Å². The van der Waals surface area contributed by atoms with E-state index < -0.39 is 24.3 Å². The molecule has 1 aromatic carbocycles. The minimum Gasteiger partial charge on any atom is -0.334 e. The minimum atomic E-state index is -0.754. The zero-order valence-corrected chi connectivity index (χ0v) is 15.8. The van der Waals surface area contributed by atoms with Gasteiger partial charge in [-0.1, -0.05) is 58.6 Å². The SMILES string of the molecule is C=CCN(CC=C)C(=O)CN1C(=O)c2c(Cl)c(Cl)c(Cl)c(Cl)c2C1=O. The van der Waals surface area contributed by atoms with Crippen LogP contribution in [0.5, 0.6) is 0 Å². The van der Waals surface area contributed by atoms with E-state index >= 15 is 0 Å². The third-order valence-corrected chi connectivity index (χ3v) is 5.33. The number of carbonyl (C=O) groups is 3. The molecule has 3 amide bonds. The van der Waals surface area contributed by atoms with E-state index in [0.29, 0.717) is 0 Å². The van der Waals surface area contributed by atoms with Crippen LogP contribution in [-0.4, -0.2) is 47.2 Å². The van der Waals surface area contributed by atoms with Crippen LogP contribution in [0.15, 0.2) is 25.3 Å². The summed E-state index contributed by atoms with van der Waals surface area (Å²) in [5, 5.41) is -0.593. The molecule has 0 atom stereocenters. The van der Waals surface area contributed by atoms with E-state index in [1.54, 1.807) is 0 Å². The van der Waals surface area contributed by atoms with Crippen molar-refractivity contribution in [2.45, 2.75) is 0 Å². The van der Waals surface area contributed by atoms with Gasteiger partial charge in [0.05, 0.1) is 31.2 Å². The second-order valence-electron chi connectivity index (χ2n) is 5.08. The average molecular weight is 422 g/mol. The molecule has 0 bridgehead atoms. The van der Waals surface area contributed by atoms with Crippen molar-refractivity contribution in [1.82, 2.24) is 9.80 Å². The van der Waals surface area contributed by atoms with Crippen LogP contribution in [0.1, 0.15) is 20.7 Å². The molecule has 1 heterocycles. The first-order valence-corrected chi connectivity index (χ1v) is 8.49. The number of fused-ring (bicyclic) bond motifs is 1. The summed E-state index contributed by atoms with van der Waals surface area (Å²) in [6.07, 6.45) is 3.05. The number of hydrogen-bond donors (Lipinski definition) is 0. The number of amides is 3. The molecular weight excluding hydrogens is 410 g/mol. The summed E-state index contributed by atoms with van der Waals surface area (Å²) in [5.41, 5.74) is -0.310. The Morgan fingerprint density at radius 1 is 0.880 bits per heavy atom. The van der Waals surface area contributed by atoms with Gasteiger partial charge in [0.1, 0.15) is 6.54 Å². The van der Waals surface area contributed by atoms with Crippen LogP contribution in [0.3, 0.4) is 0 Å². The summed E-state index contributed by atoms with van der Waals surface area (Å²) < 4.78 is 0. The molecule has 25 heavy (non-hydrogen) atoms. The molecule has 0 spiro atoms. The predicted octanol–water partition coefficient (Wildman–Crippen LogP) is 4.10. The Hall–Kier alpha value is -1.53. The van der Waals surface area contributed by atoms with Crippen molar-refractivity contribution in [3.8, 4) is 0 Å². The normalized spacial score (nSPS) is 13.0. The third-order valence-electron chi connectivity index (χ3n) is 3.53. The maximum Gasteiger partial charge on any atom is 0.263 e. The lowest BCUT2D eigenvalue weighted by Gasteiger charge is -2.22. The summed E-state index contributed by atoms with van der Waals surface area (Å²) in [5.74, 6) is -1.97. The molecule has 1 aromatic rings. The molecule has 1 aliphatic rings. The smallest absolute Gasteiger partial charge is 0.263 e. The van der Waals surface area contributed by atoms with Gasteiger partial charge in [-0.05, 0) is 0 Å². The van der Waals surface area contributed by atoms with E-state index in [4.69, 9.17) is 46.4 Å². The van der Waals surface area contributed by atoms with E-state index in [0.717, 1.165) is 4.90 Å². The largest absolute Gasteiger partial charge is 0.334 e. The minimum absolute atomic E-state index is 0.124. The van der Waals surface area contributed by atoms with E-state index in [1.165, 1.54) is 17.1 Å². The first-order valence-electron chi connectivity index (χ1n) is 6.97. The first-order chi connectivity index (χ1) is 11.8. The molecule has 9 heteroatoms. The fraction of sp³-hybridized carbons (Fsp3) is 0.188. The van der Waals surface area contributed by atoms with E-state index in [9.17, 15) is 14.4 Å². The molecule has 0 saturated heterocycles. The van der Waals surface area contributed by atoms with Crippen LogP contribution in [0, 0.1) is 0 Å². The molecular formula is C16H12Cl4N2O3. The molecule has 0 fully saturated rings. The Bertz CT molecular complexity index is 750. The lowest BCUT2D eigenvalue weighted by atomic mass is 10.1. The van der Waals surface area contributed by atoms with Gasteiger partial charge in [0.15, 0.2) is 0 Å². The van der Waals surface area contributed by atoms with Crippen LogP contribution in [0.2, 0.25) is 20.1 Å². The molecule has 0 N–H and O–H groups in total. The van der Waals surface area contributed by atoms with Gasteiger partial charge in [0.2, 0.25) is 5.91 Å². The highest BCUT2D eigenvalue weighted by Gasteiger charge is 2.42. The molecule has 0 aromatic heterocycles. The summed E-state index contributed by atoms with van der Waals surface area (Å²) in [7, 11) is 0. The summed E-state index contributed by atoms with van der Waals surface area (Å²) in [6.45, 7) is 7.13. The summed E-state index contributed by atoms with van der Waals surface area (Å²) in [4.78, 5) is 39.7. The monoisotopic (exact) mass is 420 g/mol. The van der Waals surface area contributed by atoms with Crippen LogP contribution >= 0.6 is 46.4 Å². The van der Waals surface area contributed by atoms with E-state index in [2.05, 4.69) is 13.2 Å². The highest BCUT2D eigenvalue weighted by atomic mass is 35.5. The maximum atomic E-state index is 12.6. The summed E-state index contributed by atoms with van der Waals surface area (Å²) >= 11 is 24.0. The average Bonchev–Trinajstić information content (AvgIpc) is 2.82. The Kier molecular flexibility index (Phi) is 6.16. The lowest BCUT2D eigenvalue weighted by Crippen LogP contribution is -2.42. The van der Waals surface area contributed by atoms with E-state index in [1.807, 2.05) is 0 Å². The number of nitrogens with zero attached hydrogens (tertiary/aromatic N) is 2. The van der Waals surface area contributed by atoms with Crippen LogP contribution in [0.4, 0.5) is 0 Å². The molecule has 132 valence electrons. The highest BCUT2D eigenvalue weighted by molar-refractivity contribution is 6.55. The number of halogens is 4. The molecule has 5 nitrogen and oxygen atoms in total. The first kappa shape index (κ1) is 19.8. The maximum absolute atomic E-state index is 12.6. The van der Waals surface area contributed by atoms with Gasteiger partial charge in [-0.15, -0.1) is 13.2 Å². The van der Waals surface area contributed by atoms with Crippen molar-refractivity contribution in [3.05, 3.63) is 56.5 Å². The molecule has 1 aliphatic heterocycles. The van der Waals surface area contributed by atoms with Gasteiger partial charge in [-0.25, -0.2) is 0 Å². The van der Waals surface area contributed by atoms with Gasteiger partial charge >= 0.3 is 0 Å². The molecule has 2 rings (SSSR count). The van der Waals surface area contributed by atoms with Crippen LogP contribution < -0.4 is 0 Å². The number of hydrogen-bond acceptors (Lipinski definition) is 3. The fourth-order valence-corrected chi connectivity index (χ4v) is 3.38. The molecule has 0 aliphatic carbocycles. The predicted molar refractivity (Wildman–Crippen MR) is 98.8 cm³/mol. The van der Waals surface area contributed by atoms with Gasteiger partial charge < -0.3 is 4.90 Å². The van der Waals surface area contributed by atoms with Gasteiger partial charge in [-0.2, -0.15) is 0 Å². The molecule has 0 unspecified atom stereocenters. The third kappa shape index (κ3) is 3.42. The number of imide groups is 1. The van der Waals surface area contributed by atoms with Crippen molar-refractivity contribution in [2.75, 3.05) is 19.6 Å². The standard InChI is InChI=1S/C16H12Cl4N2O3/c1-3-5-21(6-4-2)8(23)7-22-15(24)9-10(16(22)25)12(18)14(20)13(19)11(9)17/h3-4H,1-2,5-7H2. The Balaban J connectivity index is 2.39. The van der Waals surface area contributed by atoms with Gasteiger partial charge in [0.25, 0.3) is 11.8 Å². The van der Waals surface area contributed by atoms with Crippen molar-refractivity contribution in [1.29, 1.82) is 0 Å². The Labute approximate surface area is 164 Å².